The normalized spacial score (nSPS) is 11.2. The zero-order valence-electron chi connectivity index (χ0n) is 27.2. The van der Waals surface area contributed by atoms with Crippen LogP contribution in [0, 0.1) is 0 Å². The fraction of sp³-hybridized carbons (Fsp3) is 0. The van der Waals surface area contributed by atoms with Crippen LogP contribution in [0.4, 0.5) is 0 Å². The second-order valence-corrected chi connectivity index (χ2v) is 12.5. The molecule has 0 aliphatic carbocycles. The molecule has 3 heteroatoms. The van der Waals surface area contributed by atoms with Crippen molar-refractivity contribution in [1.82, 2.24) is 15.0 Å². The number of fused-ring (bicyclic) bond motifs is 2. The van der Waals surface area contributed by atoms with Crippen molar-refractivity contribution in [3.05, 3.63) is 188 Å². The quantitative estimate of drug-likeness (QED) is 0.182. The maximum Gasteiger partial charge on any atom is 0.160 e. The summed E-state index contributed by atoms with van der Waals surface area (Å²) < 4.78 is 0. The summed E-state index contributed by atoms with van der Waals surface area (Å²) in [6.07, 6.45) is 3.88. The number of pyridine rings is 1. The second-order valence-electron chi connectivity index (χ2n) is 12.5. The Balaban J connectivity index is 1.11. The van der Waals surface area contributed by atoms with Gasteiger partial charge in [-0.3, -0.25) is 4.98 Å². The molecule has 9 rings (SSSR count). The summed E-state index contributed by atoms with van der Waals surface area (Å²) in [5.74, 6) is 0.696. The van der Waals surface area contributed by atoms with Crippen LogP contribution in [0.1, 0.15) is 0 Å². The Morgan fingerprint density at radius 1 is 0.300 bits per heavy atom. The molecule has 9 aromatic rings. The van der Waals surface area contributed by atoms with E-state index in [-0.39, 0.29) is 0 Å². The lowest BCUT2D eigenvalue weighted by Crippen LogP contribution is -1.96. The van der Waals surface area contributed by atoms with E-state index < -0.39 is 0 Å². The summed E-state index contributed by atoms with van der Waals surface area (Å²) in [4.78, 5) is 14.8. The summed E-state index contributed by atoms with van der Waals surface area (Å²) >= 11 is 0. The van der Waals surface area contributed by atoms with Crippen molar-refractivity contribution in [1.29, 1.82) is 0 Å². The number of nitrogens with zero attached hydrogens (tertiary/aromatic N) is 3. The molecule has 0 atom stereocenters. The topological polar surface area (TPSA) is 38.7 Å². The molecule has 0 bridgehead atoms. The first-order chi connectivity index (χ1) is 24.8. The minimum absolute atomic E-state index is 0.696. The van der Waals surface area contributed by atoms with Gasteiger partial charge in [0.25, 0.3) is 0 Å². The predicted octanol–water partition coefficient (Wildman–Crippen LogP) is 12.2. The van der Waals surface area contributed by atoms with Crippen molar-refractivity contribution in [2.24, 2.45) is 0 Å². The molecule has 0 radical (unpaired) electrons. The number of hydrogen-bond donors (Lipinski definition) is 0. The first kappa shape index (κ1) is 29.4. The molecule has 50 heavy (non-hydrogen) atoms. The maximum absolute atomic E-state index is 5.17. The molecule has 2 heterocycles. The molecule has 0 aliphatic rings. The van der Waals surface area contributed by atoms with Gasteiger partial charge in [0.2, 0.25) is 0 Å². The van der Waals surface area contributed by atoms with Gasteiger partial charge in [0.1, 0.15) is 0 Å². The van der Waals surface area contributed by atoms with Gasteiger partial charge < -0.3 is 0 Å². The van der Waals surface area contributed by atoms with Crippen molar-refractivity contribution in [2.45, 2.75) is 0 Å². The van der Waals surface area contributed by atoms with Gasteiger partial charge in [-0.05, 0) is 62.2 Å². The van der Waals surface area contributed by atoms with Gasteiger partial charge in [-0.2, -0.15) is 0 Å². The molecule has 0 spiro atoms. The zero-order valence-corrected chi connectivity index (χ0v) is 27.2. The molecule has 0 N–H and O–H groups in total. The third-order valence-electron chi connectivity index (χ3n) is 9.37. The summed E-state index contributed by atoms with van der Waals surface area (Å²) in [5, 5.41) is 4.80. The van der Waals surface area contributed by atoms with E-state index in [0.717, 1.165) is 55.7 Å². The highest BCUT2D eigenvalue weighted by Gasteiger charge is 2.13. The van der Waals surface area contributed by atoms with Crippen molar-refractivity contribution >= 4 is 21.5 Å². The van der Waals surface area contributed by atoms with Crippen LogP contribution in [0.15, 0.2) is 188 Å². The molecule has 0 fully saturated rings. The molecular formula is C47H31N3. The summed E-state index contributed by atoms with van der Waals surface area (Å²) in [7, 11) is 0. The Morgan fingerprint density at radius 3 is 1.62 bits per heavy atom. The lowest BCUT2D eigenvalue weighted by molar-refractivity contribution is 1.18. The Bertz CT molecular complexity index is 2630. The van der Waals surface area contributed by atoms with E-state index in [4.69, 9.17) is 9.97 Å². The minimum atomic E-state index is 0.696. The van der Waals surface area contributed by atoms with Crippen LogP contribution < -0.4 is 0 Å². The molecule has 7 aromatic carbocycles. The van der Waals surface area contributed by atoms with E-state index >= 15 is 0 Å². The van der Waals surface area contributed by atoms with Crippen molar-refractivity contribution in [3.63, 3.8) is 0 Å². The second kappa shape index (κ2) is 12.7. The smallest absolute Gasteiger partial charge is 0.160 e. The van der Waals surface area contributed by atoms with Gasteiger partial charge >= 0.3 is 0 Å². The number of benzene rings is 7. The molecule has 0 saturated heterocycles. The highest BCUT2D eigenvalue weighted by Crippen LogP contribution is 2.35. The van der Waals surface area contributed by atoms with Gasteiger partial charge in [0.15, 0.2) is 5.82 Å². The molecule has 3 nitrogen and oxygen atoms in total. The monoisotopic (exact) mass is 637 g/mol. The van der Waals surface area contributed by atoms with Gasteiger partial charge in [-0.15, -0.1) is 0 Å². The predicted molar refractivity (Wildman–Crippen MR) is 207 cm³/mol. The van der Waals surface area contributed by atoms with Crippen molar-refractivity contribution in [2.75, 3.05) is 0 Å². The number of rotatable bonds is 6. The molecule has 0 unspecified atom stereocenters. The summed E-state index contributed by atoms with van der Waals surface area (Å²) in [6.45, 7) is 0. The Morgan fingerprint density at radius 2 is 0.840 bits per heavy atom. The van der Waals surface area contributed by atoms with Gasteiger partial charge in [0.05, 0.1) is 11.4 Å². The van der Waals surface area contributed by atoms with Crippen molar-refractivity contribution in [3.8, 4) is 67.3 Å². The molecular weight excluding hydrogens is 607 g/mol. The van der Waals surface area contributed by atoms with E-state index in [0.29, 0.717) is 5.82 Å². The minimum Gasteiger partial charge on any atom is -0.263 e. The van der Waals surface area contributed by atoms with Crippen LogP contribution in [0.5, 0.6) is 0 Å². The van der Waals surface area contributed by atoms with E-state index in [2.05, 4.69) is 175 Å². The highest BCUT2D eigenvalue weighted by atomic mass is 14.9. The molecule has 234 valence electrons. The first-order valence-corrected chi connectivity index (χ1v) is 16.8. The fourth-order valence-electron chi connectivity index (χ4n) is 6.83. The molecule has 0 amide bonds. The molecule has 2 aromatic heterocycles. The van der Waals surface area contributed by atoms with Crippen LogP contribution in [-0.4, -0.2) is 15.0 Å². The number of aromatic nitrogens is 3. The van der Waals surface area contributed by atoms with Crippen LogP contribution in [0.3, 0.4) is 0 Å². The summed E-state index contributed by atoms with van der Waals surface area (Å²) in [5.41, 5.74) is 11.7. The van der Waals surface area contributed by atoms with Crippen molar-refractivity contribution < 1.29 is 0 Å². The lowest BCUT2D eigenvalue weighted by Gasteiger charge is -2.12. The largest absolute Gasteiger partial charge is 0.263 e. The van der Waals surface area contributed by atoms with E-state index in [1.807, 2.05) is 18.5 Å². The highest BCUT2D eigenvalue weighted by molar-refractivity contribution is 5.97. The average Bonchev–Trinajstić information content (AvgIpc) is 3.21. The molecule has 0 aliphatic heterocycles. The Labute approximate surface area is 291 Å². The van der Waals surface area contributed by atoms with Crippen LogP contribution in [0.2, 0.25) is 0 Å². The maximum atomic E-state index is 5.17. The van der Waals surface area contributed by atoms with E-state index in [9.17, 15) is 0 Å². The average molecular weight is 638 g/mol. The zero-order chi connectivity index (χ0) is 33.3. The SMILES string of the molecule is c1ccc(-c2cc(-c3cccc(-c4cccc(-c5cncc6ccccc56)c4)c3)nc(-c3ccc(-c4cccc5ccccc45)cc3)n2)cc1. The van der Waals surface area contributed by atoms with E-state index in [1.165, 1.54) is 27.3 Å². The van der Waals surface area contributed by atoms with Crippen LogP contribution >= 0.6 is 0 Å². The summed E-state index contributed by atoms with van der Waals surface area (Å²) in [6, 6.07) is 61.8. The van der Waals surface area contributed by atoms with Gasteiger partial charge in [0, 0.05) is 40.0 Å². The van der Waals surface area contributed by atoms with Crippen LogP contribution in [-0.2, 0) is 0 Å². The van der Waals surface area contributed by atoms with Crippen LogP contribution in [0.25, 0.3) is 88.8 Å². The standard InChI is InChI=1S/C47H31N3/c1-2-12-34(13-3-1)45-29-46(50-47(49-45)35-25-23-33(24-26-35)42-22-10-15-32-11-4-6-20-41(32)42)39-19-9-17-37(28-39)36-16-8-18-38(27-36)44-31-48-30-40-14-5-7-21-43(40)44/h1-31H. The third-order valence-corrected chi connectivity index (χ3v) is 9.37. The number of hydrogen-bond acceptors (Lipinski definition) is 3. The Kier molecular flexibility index (Phi) is 7.49. The lowest BCUT2D eigenvalue weighted by atomic mass is 9.95. The third kappa shape index (κ3) is 5.61. The van der Waals surface area contributed by atoms with Gasteiger partial charge in [-0.25, -0.2) is 9.97 Å². The fourth-order valence-corrected chi connectivity index (χ4v) is 6.83. The Hall–Kier alpha value is -6.71. The first-order valence-electron chi connectivity index (χ1n) is 16.8. The van der Waals surface area contributed by atoms with Gasteiger partial charge in [-0.1, -0.05) is 158 Å². The molecule has 0 saturated carbocycles. The van der Waals surface area contributed by atoms with E-state index in [1.54, 1.807) is 0 Å².